The van der Waals surface area contributed by atoms with Crippen molar-refractivity contribution in [2.75, 3.05) is 5.75 Å². The molecule has 0 aromatic heterocycles. The zero-order valence-electron chi connectivity index (χ0n) is 10.2. The van der Waals surface area contributed by atoms with Crippen LogP contribution < -0.4 is 6.15 Å². The summed E-state index contributed by atoms with van der Waals surface area (Å²) in [5.41, 5.74) is -1.37. The van der Waals surface area contributed by atoms with Crippen molar-refractivity contribution in [2.45, 2.75) is 31.5 Å². The summed E-state index contributed by atoms with van der Waals surface area (Å²) in [5.74, 6) is -0.514. The highest BCUT2D eigenvalue weighted by Gasteiger charge is 2.68. The second-order valence-electron chi connectivity index (χ2n) is 5.42. The van der Waals surface area contributed by atoms with Crippen molar-refractivity contribution in [1.82, 2.24) is 6.15 Å². The average Bonchev–Trinajstić information content (AvgIpc) is 2.39. The Hall–Kier alpha value is 0.0200. The molecule has 7 heteroatoms. The number of quaternary nitrogens is 1. The molecule has 3 atom stereocenters. The molecule has 0 aliphatic heterocycles. The van der Waals surface area contributed by atoms with E-state index in [1.807, 2.05) is 13.8 Å². The van der Waals surface area contributed by atoms with E-state index < -0.39 is 26.7 Å². The second-order valence-corrected chi connectivity index (χ2v) is 7.81. The number of carbonyl (C=O) groups is 1. The van der Waals surface area contributed by atoms with E-state index in [-0.39, 0.29) is 22.7 Å². The van der Waals surface area contributed by atoms with Crippen molar-refractivity contribution in [1.29, 1.82) is 0 Å². The molecule has 0 spiro atoms. The lowest BCUT2D eigenvalue weighted by molar-refractivity contribution is -0.127. The summed E-state index contributed by atoms with van der Waals surface area (Å²) in [4.78, 5) is 11.8. The quantitative estimate of drug-likeness (QED) is 0.614. The molecule has 0 amide bonds. The van der Waals surface area contributed by atoms with Gasteiger partial charge in [-0.25, -0.2) is 8.42 Å². The van der Waals surface area contributed by atoms with Gasteiger partial charge < -0.3 is 10.7 Å². The summed E-state index contributed by atoms with van der Waals surface area (Å²) >= 11 is 3.33. The van der Waals surface area contributed by atoms with Gasteiger partial charge in [-0.2, -0.15) is 0 Å². The number of carbonyl (C=O) groups excluding carboxylic acids is 1. The van der Waals surface area contributed by atoms with E-state index in [0.29, 0.717) is 6.42 Å². The van der Waals surface area contributed by atoms with Crippen molar-refractivity contribution >= 4 is 31.8 Å². The molecule has 0 saturated heterocycles. The number of ketones is 1. The van der Waals surface area contributed by atoms with Crippen LogP contribution in [-0.4, -0.2) is 29.3 Å². The Balaban J connectivity index is 0.00000144. The van der Waals surface area contributed by atoms with Crippen molar-refractivity contribution < 1.29 is 17.8 Å². The molecule has 2 rings (SSSR count). The first-order valence-electron chi connectivity index (χ1n) is 5.24. The van der Waals surface area contributed by atoms with Gasteiger partial charge in [0.1, 0.15) is 0 Å². The largest absolute Gasteiger partial charge is 0.748 e. The fourth-order valence-electron chi connectivity index (χ4n) is 3.47. The lowest BCUT2D eigenvalue weighted by Gasteiger charge is -2.36. The predicted molar refractivity (Wildman–Crippen MR) is 67.2 cm³/mol. The Morgan fingerprint density at radius 2 is 2.00 bits per heavy atom. The molecule has 0 aromatic rings. The molecular formula is C10H18BrNO4S. The Morgan fingerprint density at radius 1 is 1.47 bits per heavy atom. The van der Waals surface area contributed by atoms with Crippen LogP contribution in [0.3, 0.4) is 0 Å². The van der Waals surface area contributed by atoms with Crippen LogP contribution in [0, 0.1) is 16.7 Å². The van der Waals surface area contributed by atoms with Gasteiger partial charge in [-0.3, -0.25) is 4.79 Å². The van der Waals surface area contributed by atoms with Gasteiger partial charge in [0.05, 0.1) is 20.7 Å². The van der Waals surface area contributed by atoms with Crippen molar-refractivity contribution in [2.24, 2.45) is 16.7 Å². The molecule has 2 fully saturated rings. The third kappa shape index (κ3) is 1.87. The van der Waals surface area contributed by atoms with Crippen LogP contribution >= 0.6 is 15.9 Å². The first kappa shape index (κ1) is 15.1. The van der Waals surface area contributed by atoms with Crippen molar-refractivity contribution in [3.63, 3.8) is 0 Å². The van der Waals surface area contributed by atoms with Gasteiger partial charge in [-0.1, -0.05) is 29.8 Å². The fraction of sp³-hybridized carbons (Fsp3) is 0.900. The summed E-state index contributed by atoms with van der Waals surface area (Å²) in [7, 11) is -4.37. The maximum absolute atomic E-state index is 12.1. The molecule has 17 heavy (non-hydrogen) atoms. The molecule has 2 aliphatic carbocycles. The highest BCUT2D eigenvalue weighted by molar-refractivity contribution is 9.10. The average molecular weight is 328 g/mol. The summed E-state index contributed by atoms with van der Waals surface area (Å²) in [5, 5.41) is 0. The molecule has 2 bridgehead atoms. The van der Waals surface area contributed by atoms with Gasteiger partial charge in [0.25, 0.3) is 0 Å². The summed E-state index contributed by atoms with van der Waals surface area (Å²) in [6.45, 7) is 3.80. The minimum absolute atomic E-state index is 0. The van der Waals surface area contributed by atoms with E-state index in [4.69, 9.17) is 0 Å². The van der Waals surface area contributed by atoms with E-state index in [2.05, 4.69) is 15.9 Å². The molecule has 0 aromatic carbocycles. The van der Waals surface area contributed by atoms with Crippen molar-refractivity contribution in [3.05, 3.63) is 0 Å². The highest BCUT2D eigenvalue weighted by atomic mass is 79.9. The SMILES string of the molecule is CC1(C)[C@@H]2CC[C@@]1(CS(=O)(=O)[O-])C(=O)[C@@H]2Br.[NH4+]. The first-order chi connectivity index (χ1) is 7.12. The second kappa shape index (κ2) is 4.01. The van der Waals surface area contributed by atoms with Gasteiger partial charge in [0, 0.05) is 5.41 Å². The minimum atomic E-state index is -4.37. The fourth-order valence-corrected chi connectivity index (χ4v) is 6.10. The summed E-state index contributed by atoms with van der Waals surface area (Å²) < 4.78 is 33.0. The molecular weight excluding hydrogens is 310 g/mol. The molecule has 4 N–H and O–H groups in total. The van der Waals surface area contributed by atoms with Crippen LogP contribution in [0.2, 0.25) is 0 Å². The highest BCUT2D eigenvalue weighted by Crippen LogP contribution is 2.65. The van der Waals surface area contributed by atoms with Crippen LogP contribution in [-0.2, 0) is 14.9 Å². The zero-order valence-corrected chi connectivity index (χ0v) is 12.6. The van der Waals surface area contributed by atoms with Gasteiger partial charge in [0.15, 0.2) is 5.78 Å². The lowest BCUT2D eigenvalue weighted by atomic mass is 9.70. The van der Waals surface area contributed by atoms with Crippen molar-refractivity contribution in [3.8, 4) is 0 Å². The van der Waals surface area contributed by atoms with Crippen LogP contribution in [0.25, 0.3) is 0 Å². The van der Waals surface area contributed by atoms with Gasteiger partial charge in [0.2, 0.25) is 0 Å². The van der Waals surface area contributed by atoms with Crippen LogP contribution in [0.4, 0.5) is 0 Å². The lowest BCUT2D eigenvalue weighted by Crippen LogP contribution is -2.43. The molecule has 100 valence electrons. The van der Waals surface area contributed by atoms with E-state index in [0.717, 1.165) is 6.42 Å². The molecule has 2 aliphatic rings. The van der Waals surface area contributed by atoms with E-state index in [1.165, 1.54) is 0 Å². The topological polar surface area (TPSA) is 111 Å². The van der Waals surface area contributed by atoms with Crippen LogP contribution in [0.5, 0.6) is 0 Å². The molecule has 0 heterocycles. The summed E-state index contributed by atoms with van der Waals surface area (Å²) in [6, 6.07) is 0. The van der Waals surface area contributed by atoms with E-state index >= 15 is 0 Å². The summed E-state index contributed by atoms with van der Waals surface area (Å²) in [6.07, 6.45) is 1.33. The van der Waals surface area contributed by atoms with Gasteiger partial charge >= 0.3 is 0 Å². The van der Waals surface area contributed by atoms with E-state index in [1.54, 1.807) is 0 Å². The monoisotopic (exact) mass is 327 g/mol. The normalized spacial score (nSPS) is 39.2. The first-order valence-corrected chi connectivity index (χ1v) is 7.73. The van der Waals surface area contributed by atoms with Crippen LogP contribution in [0.1, 0.15) is 26.7 Å². The Bertz CT molecular complexity index is 447. The number of rotatable bonds is 2. The third-order valence-electron chi connectivity index (χ3n) is 4.54. The van der Waals surface area contributed by atoms with Gasteiger partial charge in [-0.15, -0.1) is 0 Å². The number of fused-ring (bicyclic) bond motifs is 2. The zero-order chi connectivity index (χ0) is 12.4. The standard InChI is InChI=1S/C10H15BrO4S.H3N/c1-9(2)6-3-4-10(9,5-16(13,14)15)8(12)7(6)11;/h6-7H,3-5H2,1-2H3,(H,13,14,15);1H3/t6-,7-,10-;/m1./s1. The molecule has 2 saturated carbocycles. The third-order valence-corrected chi connectivity index (χ3v) is 6.44. The Labute approximate surface area is 110 Å². The Kier molecular flexibility index (Phi) is 3.56. The predicted octanol–water partition coefficient (Wildman–Crippen LogP) is 1.68. The number of hydrogen-bond donors (Lipinski definition) is 1. The number of Topliss-reactive ketones (excluding diaryl/α,β-unsaturated/α-hetero) is 1. The number of alkyl halides is 1. The minimum Gasteiger partial charge on any atom is -0.748 e. The maximum atomic E-state index is 12.1. The maximum Gasteiger partial charge on any atom is 0.154 e. The number of hydrogen-bond acceptors (Lipinski definition) is 4. The smallest absolute Gasteiger partial charge is 0.154 e. The van der Waals surface area contributed by atoms with Crippen LogP contribution in [0.15, 0.2) is 0 Å². The van der Waals surface area contributed by atoms with E-state index in [9.17, 15) is 17.8 Å². The molecule has 0 radical (unpaired) electrons. The Morgan fingerprint density at radius 3 is 2.35 bits per heavy atom. The van der Waals surface area contributed by atoms with Gasteiger partial charge in [-0.05, 0) is 24.2 Å². The molecule has 5 nitrogen and oxygen atoms in total. The number of halogens is 1. The molecule has 0 unspecified atom stereocenters.